The van der Waals surface area contributed by atoms with Crippen molar-refractivity contribution >= 4 is 5.91 Å². The smallest absolute Gasteiger partial charge is 0.224 e. The number of carbonyl (C=O) groups excluding carboxylic acids is 1. The number of carbonyl (C=O) groups is 1. The summed E-state index contributed by atoms with van der Waals surface area (Å²) in [6.45, 7) is 8.80. The number of amides is 1. The normalized spacial score (nSPS) is 12.8. The molecule has 0 spiro atoms. The van der Waals surface area contributed by atoms with Crippen molar-refractivity contribution in [1.82, 2.24) is 5.32 Å². The van der Waals surface area contributed by atoms with Crippen LogP contribution in [-0.4, -0.2) is 32.2 Å². The molecule has 0 fully saturated rings. The monoisotopic (exact) mass is 230 g/mol. The fourth-order valence-corrected chi connectivity index (χ4v) is 1.31. The van der Waals surface area contributed by atoms with Gasteiger partial charge < -0.3 is 15.8 Å². The van der Waals surface area contributed by atoms with E-state index in [9.17, 15) is 4.79 Å². The van der Waals surface area contributed by atoms with Crippen molar-refractivity contribution < 1.29 is 9.53 Å². The zero-order valence-electron chi connectivity index (χ0n) is 10.8. The van der Waals surface area contributed by atoms with E-state index in [4.69, 9.17) is 10.5 Å². The molecule has 3 N–H and O–H groups in total. The molecule has 0 aliphatic rings. The van der Waals surface area contributed by atoms with Gasteiger partial charge in [-0.25, -0.2) is 0 Å². The fraction of sp³-hybridized carbons (Fsp3) is 0.917. The van der Waals surface area contributed by atoms with Crippen molar-refractivity contribution in [2.24, 2.45) is 17.6 Å². The Bertz CT molecular complexity index is 180. The molecule has 0 aliphatic carbocycles. The third-order valence-electron chi connectivity index (χ3n) is 2.36. The van der Waals surface area contributed by atoms with E-state index >= 15 is 0 Å². The second kappa shape index (κ2) is 9.60. The molecule has 16 heavy (non-hydrogen) atoms. The van der Waals surface area contributed by atoms with Crippen LogP contribution < -0.4 is 11.1 Å². The molecular weight excluding hydrogens is 204 g/mol. The highest BCUT2D eigenvalue weighted by Gasteiger charge is 2.12. The molecule has 0 rings (SSSR count). The maximum Gasteiger partial charge on any atom is 0.224 e. The van der Waals surface area contributed by atoms with Crippen LogP contribution in [0.15, 0.2) is 0 Å². The van der Waals surface area contributed by atoms with Crippen LogP contribution in [0.3, 0.4) is 0 Å². The second-order valence-electron chi connectivity index (χ2n) is 4.45. The third kappa shape index (κ3) is 7.65. The topological polar surface area (TPSA) is 64.4 Å². The third-order valence-corrected chi connectivity index (χ3v) is 2.36. The van der Waals surface area contributed by atoms with Gasteiger partial charge in [-0.15, -0.1) is 0 Å². The van der Waals surface area contributed by atoms with Gasteiger partial charge in [0, 0.05) is 32.2 Å². The lowest BCUT2D eigenvalue weighted by molar-refractivity contribution is -0.124. The zero-order valence-corrected chi connectivity index (χ0v) is 10.8. The first kappa shape index (κ1) is 15.4. The van der Waals surface area contributed by atoms with E-state index in [0.717, 1.165) is 19.4 Å². The van der Waals surface area contributed by atoms with Gasteiger partial charge in [0.2, 0.25) is 5.91 Å². The average Bonchev–Trinajstić information content (AvgIpc) is 2.24. The summed E-state index contributed by atoms with van der Waals surface area (Å²) in [5, 5.41) is 2.87. The average molecular weight is 230 g/mol. The maximum atomic E-state index is 11.5. The van der Waals surface area contributed by atoms with Crippen LogP contribution >= 0.6 is 0 Å². The number of hydrogen-bond acceptors (Lipinski definition) is 3. The molecular formula is C12H26N2O2. The molecule has 0 saturated carbocycles. The molecule has 1 unspecified atom stereocenters. The van der Waals surface area contributed by atoms with E-state index < -0.39 is 0 Å². The fourth-order valence-electron chi connectivity index (χ4n) is 1.31. The Labute approximate surface area is 98.9 Å². The van der Waals surface area contributed by atoms with Gasteiger partial charge in [-0.2, -0.15) is 0 Å². The number of nitrogens with one attached hydrogen (secondary N) is 1. The molecule has 0 aromatic carbocycles. The van der Waals surface area contributed by atoms with Crippen LogP contribution in [0.25, 0.3) is 0 Å². The molecule has 96 valence electrons. The van der Waals surface area contributed by atoms with Gasteiger partial charge in [-0.05, 0) is 18.8 Å². The van der Waals surface area contributed by atoms with E-state index in [1.165, 1.54) is 0 Å². The van der Waals surface area contributed by atoms with Crippen LogP contribution in [-0.2, 0) is 9.53 Å². The summed E-state index contributed by atoms with van der Waals surface area (Å²) >= 11 is 0. The maximum absolute atomic E-state index is 11.5. The molecule has 1 amide bonds. The van der Waals surface area contributed by atoms with E-state index in [2.05, 4.69) is 19.2 Å². The van der Waals surface area contributed by atoms with E-state index in [1.54, 1.807) is 0 Å². The van der Waals surface area contributed by atoms with E-state index in [-0.39, 0.29) is 11.8 Å². The highest BCUT2D eigenvalue weighted by atomic mass is 16.5. The van der Waals surface area contributed by atoms with Crippen molar-refractivity contribution in [2.45, 2.75) is 33.6 Å². The van der Waals surface area contributed by atoms with Crippen LogP contribution in [0, 0.1) is 11.8 Å². The number of rotatable bonds is 9. The van der Waals surface area contributed by atoms with Crippen LogP contribution in [0.5, 0.6) is 0 Å². The van der Waals surface area contributed by atoms with Crippen molar-refractivity contribution in [3.63, 3.8) is 0 Å². The number of nitrogens with two attached hydrogens (primary N) is 1. The first-order valence-corrected chi connectivity index (χ1v) is 6.17. The van der Waals surface area contributed by atoms with Gasteiger partial charge in [0.05, 0.1) is 0 Å². The molecule has 0 aliphatic heterocycles. The molecule has 0 saturated heterocycles. The highest BCUT2D eigenvalue weighted by Crippen LogP contribution is 1.99. The van der Waals surface area contributed by atoms with E-state index in [1.807, 2.05) is 6.92 Å². The molecule has 1 atom stereocenters. The highest BCUT2D eigenvalue weighted by molar-refractivity contribution is 5.78. The summed E-state index contributed by atoms with van der Waals surface area (Å²) in [7, 11) is 0. The van der Waals surface area contributed by atoms with Gasteiger partial charge in [0.25, 0.3) is 0 Å². The van der Waals surface area contributed by atoms with Crippen molar-refractivity contribution in [1.29, 1.82) is 0 Å². The lowest BCUT2D eigenvalue weighted by atomic mass is 10.1. The number of ether oxygens (including phenoxy) is 1. The van der Waals surface area contributed by atoms with Crippen LogP contribution in [0.2, 0.25) is 0 Å². The largest absolute Gasteiger partial charge is 0.381 e. The Kier molecular flexibility index (Phi) is 9.24. The quantitative estimate of drug-likeness (QED) is 0.584. The predicted molar refractivity (Wildman–Crippen MR) is 66.1 cm³/mol. The Morgan fingerprint density at radius 2 is 2.12 bits per heavy atom. The Balaban J connectivity index is 3.40. The van der Waals surface area contributed by atoms with Gasteiger partial charge in [-0.3, -0.25) is 4.79 Å². The lowest BCUT2D eigenvalue weighted by Crippen LogP contribution is -2.35. The van der Waals surface area contributed by atoms with Crippen molar-refractivity contribution in [3.8, 4) is 0 Å². The minimum Gasteiger partial charge on any atom is -0.381 e. The SMILES string of the molecule is CCC(CN)C(=O)NCCCOCC(C)C. The molecule has 0 aromatic rings. The summed E-state index contributed by atoms with van der Waals surface area (Å²) in [5.41, 5.74) is 5.48. The molecule has 0 bridgehead atoms. The predicted octanol–water partition coefficient (Wildman–Crippen LogP) is 1.15. The summed E-state index contributed by atoms with van der Waals surface area (Å²) in [6.07, 6.45) is 1.66. The van der Waals surface area contributed by atoms with Crippen LogP contribution in [0.1, 0.15) is 33.6 Å². The van der Waals surface area contributed by atoms with Gasteiger partial charge in [0.15, 0.2) is 0 Å². The molecule has 4 heteroatoms. The van der Waals surface area contributed by atoms with Gasteiger partial charge >= 0.3 is 0 Å². The summed E-state index contributed by atoms with van der Waals surface area (Å²) in [5.74, 6) is 0.585. The summed E-state index contributed by atoms with van der Waals surface area (Å²) < 4.78 is 5.41. The molecule has 4 nitrogen and oxygen atoms in total. The van der Waals surface area contributed by atoms with Gasteiger partial charge in [-0.1, -0.05) is 20.8 Å². The van der Waals surface area contributed by atoms with E-state index in [0.29, 0.717) is 25.6 Å². The van der Waals surface area contributed by atoms with Crippen LogP contribution in [0.4, 0.5) is 0 Å². The molecule has 0 radical (unpaired) electrons. The van der Waals surface area contributed by atoms with Gasteiger partial charge in [0.1, 0.15) is 0 Å². The zero-order chi connectivity index (χ0) is 12.4. The Morgan fingerprint density at radius 3 is 2.62 bits per heavy atom. The minimum absolute atomic E-state index is 0.0448. The Hall–Kier alpha value is -0.610. The van der Waals surface area contributed by atoms with Crippen molar-refractivity contribution in [2.75, 3.05) is 26.3 Å². The standard InChI is InChI=1S/C12H26N2O2/c1-4-11(8-13)12(15)14-6-5-7-16-9-10(2)3/h10-11H,4-9,13H2,1-3H3,(H,14,15). The molecule has 0 aromatic heterocycles. The summed E-state index contributed by atoms with van der Waals surface area (Å²) in [6, 6.07) is 0. The minimum atomic E-state index is -0.0448. The Morgan fingerprint density at radius 1 is 1.44 bits per heavy atom. The summed E-state index contributed by atoms with van der Waals surface area (Å²) in [4.78, 5) is 11.5. The molecule has 0 heterocycles. The number of hydrogen-bond donors (Lipinski definition) is 2. The first-order chi connectivity index (χ1) is 7.61. The van der Waals surface area contributed by atoms with Crippen molar-refractivity contribution in [3.05, 3.63) is 0 Å². The first-order valence-electron chi connectivity index (χ1n) is 6.17. The lowest BCUT2D eigenvalue weighted by Gasteiger charge is -2.12. The second-order valence-corrected chi connectivity index (χ2v) is 4.45.